The maximum Gasteiger partial charge on any atom is 0.0627 e. The summed E-state index contributed by atoms with van der Waals surface area (Å²) in [6, 6.07) is 65.6. The van der Waals surface area contributed by atoms with E-state index in [-0.39, 0.29) is 11.5 Å². The van der Waals surface area contributed by atoms with E-state index in [2.05, 4.69) is 293 Å². The summed E-state index contributed by atoms with van der Waals surface area (Å²) in [4.78, 5) is 7.56. The molecule has 0 saturated carbocycles. The van der Waals surface area contributed by atoms with Crippen molar-refractivity contribution in [2.45, 2.75) is 64.0 Å². The van der Waals surface area contributed by atoms with Gasteiger partial charge < -0.3 is 19.3 Å². The molecule has 0 radical (unpaired) electrons. The molecule has 1 aromatic heterocycles. The molecular formula is C74H64N4. The van der Waals surface area contributed by atoms with E-state index in [1.807, 2.05) is 0 Å². The fourth-order valence-corrected chi connectivity index (χ4v) is 13.1. The van der Waals surface area contributed by atoms with Crippen molar-refractivity contribution in [2.24, 2.45) is 11.3 Å². The zero-order valence-electron chi connectivity index (χ0n) is 44.4. The minimum absolute atomic E-state index is 0.0114. The third-order valence-corrected chi connectivity index (χ3v) is 17.3. The molecule has 5 aliphatic carbocycles. The van der Waals surface area contributed by atoms with Gasteiger partial charge >= 0.3 is 0 Å². The number of hydrogen-bond acceptors (Lipinski definition) is 3. The van der Waals surface area contributed by atoms with Gasteiger partial charge in [-0.1, -0.05) is 189 Å². The zero-order valence-corrected chi connectivity index (χ0v) is 44.4. The van der Waals surface area contributed by atoms with Gasteiger partial charge in [-0.2, -0.15) is 0 Å². The molecule has 0 N–H and O–H groups in total. The van der Waals surface area contributed by atoms with Gasteiger partial charge in [0.2, 0.25) is 0 Å². The maximum absolute atomic E-state index is 2.57. The maximum atomic E-state index is 2.57. The number of allylic oxidation sites excluding steroid dienone is 14. The van der Waals surface area contributed by atoms with Gasteiger partial charge in [0.1, 0.15) is 0 Å². The summed E-state index contributed by atoms with van der Waals surface area (Å²) in [5, 5.41) is 2.50. The Morgan fingerprint density at radius 2 is 1.29 bits per heavy atom. The molecular weight excluding hydrogens is 945 g/mol. The molecule has 7 aromatic carbocycles. The Balaban J connectivity index is 0.780. The van der Waals surface area contributed by atoms with E-state index < -0.39 is 0 Å². The number of hydrogen-bond donors (Lipinski definition) is 0. The lowest BCUT2D eigenvalue weighted by Gasteiger charge is -2.37. The molecule has 0 fully saturated rings. The number of rotatable bonds is 12. The lowest BCUT2D eigenvalue weighted by molar-refractivity contribution is 0.492. The molecule has 4 heteroatoms. The fraction of sp³-hybridized carbons (Fsp3) is 0.162. The Labute approximate surface area is 460 Å². The number of fused-ring (bicyclic) bond motifs is 5. The summed E-state index contributed by atoms with van der Waals surface area (Å²) in [6.07, 6.45) is 41.7. The van der Waals surface area contributed by atoms with Crippen LogP contribution in [0.1, 0.15) is 62.5 Å². The van der Waals surface area contributed by atoms with E-state index in [9.17, 15) is 0 Å². The van der Waals surface area contributed by atoms with Gasteiger partial charge in [0.25, 0.3) is 0 Å². The Morgan fingerprint density at radius 3 is 2.04 bits per heavy atom. The van der Waals surface area contributed by atoms with Crippen LogP contribution in [-0.2, 0) is 6.54 Å². The average Bonchev–Trinajstić information content (AvgIpc) is 4.10. The summed E-state index contributed by atoms with van der Waals surface area (Å²) in [5.74, 6) is 0.690. The van der Waals surface area contributed by atoms with Crippen LogP contribution in [0.25, 0.3) is 38.6 Å². The number of anilines is 4. The molecule has 0 saturated heterocycles. The van der Waals surface area contributed by atoms with Crippen LogP contribution in [0.15, 0.2) is 295 Å². The molecule has 3 unspecified atom stereocenters. The quantitative estimate of drug-likeness (QED) is 0.121. The second-order valence-electron chi connectivity index (χ2n) is 22.1. The SMILES string of the molecule is CC1(C2=CC=CCC2)C=CC(N(C2=CC3C4=C(C=CCC4)N(c4ccccc4)C3C=C2)c2ccc(-c3ccc(CN(c4ccc([C@H]5C=CC=CC5)cc4)c4ccc5c(c4)c4ccccc4n5-c4ccccc4)cc3)cc2)=CC1. The summed E-state index contributed by atoms with van der Waals surface area (Å²) >= 11 is 0. The Bertz CT molecular complexity index is 3890. The van der Waals surface area contributed by atoms with E-state index in [0.717, 1.165) is 45.1 Å². The van der Waals surface area contributed by atoms with Crippen LogP contribution in [0.3, 0.4) is 0 Å². The van der Waals surface area contributed by atoms with Gasteiger partial charge in [-0.15, -0.1) is 0 Å². The van der Waals surface area contributed by atoms with E-state index in [0.29, 0.717) is 11.8 Å². The molecule has 0 spiro atoms. The smallest absolute Gasteiger partial charge is 0.0627 e. The largest absolute Gasteiger partial charge is 0.337 e. The van der Waals surface area contributed by atoms with E-state index in [4.69, 9.17) is 0 Å². The van der Waals surface area contributed by atoms with Gasteiger partial charge in [0.05, 0.1) is 17.1 Å². The van der Waals surface area contributed by atoms with E-state index in [1.165, 1.54) is 95.2 Å². The van der Waals surface area contributed by atoms with Crippen LogP contribution in [0.5, 0.6) is 0 Å². The average molecular weight is 1010 g/mol. The Morgan fingerprint density at radius 1 is 0.577 bits per heavy atom. The van der Waals surface area contributed by atoms with Gasteiger partial charge in [-0.25, -0.2) is 0 Å². The molecule has 2 heterocycles. The molecule has 1 aliphatic heterocycles. The number of aromatic nitrogens is 1. The standard InChI is InChI=1S/C74H64N4/c1-74(58-20-8-3-9-21-58)48-46-63(47-49-74)76(65-43-45-73-69(51-65)67-27-15-17-29-71(67)78(73)61-24-12-5-13-25-61)62-40-36-57(37-41-62)55-32-30-53(31-33-55)52-75(59-38-34-56(35-39-59)54-18-6-2-7-19-54)64-42-44-72-68(50-64)66-26-14-16-28-70(66)77(72)60-22-10-4-11-23-60/h2-8,10-14,16-18,20,22-26,28-48,50-51,54,69,73H,9,15,19,21,27,49,52H2,1H3/t54-,69?,73?,74?/m0/s1. The van der Waals surface area contributed by atoms with Crippen molar-refractivity contribution in [2.75, 3.05) is 14.7 Å². The predicted octanol–water partition coefficient (Wildman–Crippen LogP) is 18.9. The number of benzene rings is 7. The van der Waals surface area contributed by atoms with Crippen molar-refractivity contribution >= 4 is 44.6 Å². The molecule has 4 atom stereocenters. The molecule has 14 rings (SSSR count). The highest BCUT2D eigenvalue weighted by Gasteiger charge is 2.41. The molecule has 4 nitrogen and oxygen atoms in total. The zero-order chi connectivity index (χ0) is 52.0. The summed E-state index contributed by atoms with van der Waals surface area (Å²) in [6.45, 7) is 3.13. The Hall–Kier alpha value is -8.86. The normalized spacial score (nSPS) is 21.2. The Kier molecular flexibility index (Phi) is 12.4. The van der Waals surface area contributed by atoms with Gasteiger partial charge in [0, 0.05) is 80.1 Å². The summed E-state index contributed by atoms with van der Waals surface area (Å²) in [7, 11) is 0. The molecule has 0 amide bonds. The highest BCUT2D eigenvalue weighted by molar-refractivity contribution is 6.10. The first-order valence-corrected chi connectivity index (χ1v) is 28.2. The highest BCUT2D eigenvalue weighted by atomic mass is 15.2. The third-order valence-electron chi connectivity index (χ3n) is 17.3. The van der Waals surface area contributed by atoms with E-state index in [1.54, 1.807) is 5.57 Å². The van der Waals surface area contributed by atoms with Gasteiger partial charge in [-0.05, 0) is 157 Å². The molecule has 380 valence electrons. The van der Waals surface area contributed by atoms with Gasteiger partial charge in [-0.3, -0.25) is 0 Å². The van der Waals surface area contributed by atoms with Crippen LogP contribution >= 0.6 is 0 Å². The predicted molar refractivity (Wildman–Crippen MR) is 328 cm³/mol. The monoisotopic (exact) mass is 1010 g/mol. The summed E-state index contributed by atoms with van der Waals surface area (Å²) < 4.78 is 2.39. The van der Waals surface area contributed by atoms with Crippen LogP contribution in [0.2, 0.25) is 0 Å². The minimum atomic E-state index is 0.0114. The molecule has 78 heavy (non-hydrogen) atoms. The van der Waals surface area contributed by atoms with Crippen molar-refractivity contribution in [3.63, 3.8) is 0 Å². The van der Waals surface area contributed by atoms with Crippen molar-refractivity contribution in [3.8, 4) is 16.8 Å². The second-order valence-corrected chi connectivity index (χ2v) is 22.1. The minimum Gasteiger partial charge on any atom is -0.337 e. The van der Waals surface area contributed by atoms with Crippen molar-refractivity contribution in [3.05, 3.63) is 306 Å². The number of nitrogens with zero attached hydrogens (tertiary/aromatic N) is 4. The van der Waals surface area contributed by atoms with Gasteiger partial charge in [0.15, 0.2) is 0 Å². The fourth-order valence-electron chi connectivity index (χ4n) is 13.1. The van der Waals surface area contributed by atoms with Crippen molar-refractivity contribution in [1.29, 1.82) is 0 Å². The first-order chi connectivity index (χ1) is 38.5. The van der Waals surface area contributed by atoms with Crippen molar-refractivity contribution < 1.29 is 0 Å². The van der Waals surface area contributed by atoms with Crippen molar-refractivity contribution in [1.82, 2.24) is 4.57 Å². The third kappa shape index (κ3) is 8.76. The molecule has 8 aromatic rings. The lowest BCUT2D eigenvalue weighted by atomic mass is 9.73. The lowest BCUT2D eigenvalue weighted by Crippen LogP contribution is -2.34. The number of para-hydroxylation sites is 3. The van der Waals surface area contributed by atoms with E-state index >= 15 is 0 Å². The first kappa shape index (κ1) is 47.6. The van der Waals surface area contributed by atoms with Crippen LogP contribution < -0.4 is 14.7 Å². The summed E-state index contributed by atoms with van der Waals surface area (Å²) in [5.41, 5.74) is 20.2. The van der Waals surface area contributed by atoms with Crippen LogP contribution in [0.4, 0.5) is 22.7 Å². The van der Waals surface area contributed by atoms with Crippen LogP contribution in [0, 0.1) is 11.3 Å². The molecule has 0 bridgehead atoms. The highest BCUT2D eigenvalue weighted by Crippen LogP contribution is 2.48. The topological polar surface area (TPSA) is 14.7 Å². The van der Waals surface area contributed by atoms with Crippen LogP contribution in [-0.4, -0.2) is 10.6 Å². The first-order valence-electron chi connectivity index (χ1n) is 28.2. The second kappa shape index (κ2) is 20.3. The molecule has 6 aliphatic rings.